The molecule has 0 unspecified atom stereocenters. The molecule has 1 aliphatic rings. The van der Waals surface area contributed by atoms with Crippen molar-refractivity contribution in [3.63, 3.8) is 0 Å². The summed E-state index contributed by atoms with van der Waals surface area (Å²) in [6, 6.07) is 6.51. The highest BCUT2D eigenvalue weighted by molar-refractivity contribution is 7.89. The minimum absolute atomic E-state index is 0.0884. The van der Waals surface area contributed by atoms with Crippen LogP contribution in [-0.2, 0) is 14.8 Å². The zero-order chi connectivity index (χ0) is 15.5. The number of primary sulfonamides is 1. The lowest BCUT2D eigenvalue weighted by atomic mass is 10.2. The van der Waals surface area contributed by atoms with E-state index in [1.165, 1.54) is 12.1 Å². The summed E-state index contributed by atoms with van der Waals surface area (Å²) in [5.41, 5.74) is 0. The molecule has 1 saturated heterocycles. The summed E-state index contributed by atoms with van der Waals surface area (Å²) in [4.78, 5) is 2.41. The summed E-state index contributed by atoms with van der Waals surface area (Å²) < 4.78 is 33.5. The van der Waals surface area contributed by atoms with Crippen molar-refractivity contribution in [2.75, 3.05) is 26.3 Å². The standard InChI is InChI=1S/C14H22N2O4S/c1-11-10-20-12(2)9-16(11)7-8-19-13-3-5-14(6-4-13)21(15,17)18/h3-6,11-12H,7-10H2,1-2H3,(H2,15,17,18)/t11-,12+/m0/s1. The molecule has 2 N–H and O–H groups in total. The summed E-state index contributed by atoms with van der Waals surface area (Å²) >= 11 is 0. The third-order valence-corrected chi connectivity index (χ3v) is 4.47. The van der Waals surface area contributed by atoms with Gasteiger partial charge in [0, 0.05) is 19.1 Å². The molecule has 1 aromatic rings. The van der Waals surface area contributed by atoms with Crippen molar-refractivity contribution >= 4 is 10.0 Å². The van der Waals surface area contributed by atoms with Crippen molar-refractivity contribution in [1.82, 2.24) is 4.90 Å². The van der Waals surface area contributed by atoms with Crippen molar-refractivity contribution in [1.29, 1.82) is 0 Å². The number of nitrogens with zero attached hydrogens (tertiary/aromatic N) is 1. The van der Waals surface area contributed by atoms with E-state index in [1.807, 2.05) is 0 Å². The van der Waals surface area contributed by atoms with Gasteiger partial charge in [-0.05, 0) is 38.1 Å². The largest absolute Gasteiger partial charge is 0.492 e. The summed E-state index contributed by atoms with van der Waals surface area (Å²) in [5.74, 6) is 0.636. The van der Waals surface area contributed by atoms with Crippen LogP contribution in [0.15, 0.2) is 29.2 Å². The molecule has 2 atom stereocenters. The van der Waals surface area contributed by atoms with Gasteiger partial charge in [0.05, 0.1) is 17.6 Å². The Balaban J connectivity index is 1.83. The minimum atomic E-state index is -3.65. The first-order valence-electron chi connectivity index (χ1n) is 6.97. The molecule has 0 aromatic heterocycles. The van der Waals surface area contributed by atoms with E-state index in [1.54, 1.807) is 12.1 Å². The van der Waals surface area contributed by atoms with E-state index in [9.17, 15) is 8.42 Å². The molecular weight excluding hydrogens is 292 g/mol. The lowest BCUT2D eigenvalue weighted by Crippen LogP contribution is -2.48. The van der Waals surface area contributed by atoms with Crippen LogP contribution in [-0.4, -0.2) is 51.8 Å². The molecule has 0 aliphatic carbocycles. The van der Waals surface area contributed by atoms with Gasteiger partial charge in [-0.1, -0.05) is 0 Å². The van der Waals surface area contributed by atoms with Crippen LogP contribution in [0.25, 0.3) is 0 Å². The van der Waals surface area contributed by atoms with Crippen molar-refractivity contribution in [2.45, 2.75) is 30.9 Å². The van der Waals surface area contributed by atoms with Gasteiger partial charge in [-0.3, -0.25) is 4.90 Å². The minimum Gasteiger partial charge on any atom is -0.492 e. The van der Waals surface area contributed by atoms with Crippen LogP contribution in [0.1, 0.15) is 13.8 Å². The fourth-order valence-electron chi connectivity index (χ4n) is 2.29. The Labute approximate surface area is 125 Å². The number of sulfonamides is 1. The van der Waals surface area contributed by atoms with Gasteiger partial charge in [0.25, 0.3) is 0 Å². The average Bonchev–Trinajstić information content (AvgIpc) is 2.42. The fourth-order valence-corrected chi connectivity index (χ4v) is 2.81. The summed E-state index contributed by atoms with van der Waals surface area (Å²) in [7, 11) is -3.65. The Kier molecular flexibility index (Phi) is 5.21. The number of rotatable bonds is 5. The van der Waals surface area contributed by atoms with Gasteiger partial charge in [-0.2, -0.15) is 0 Å². The molecule has 1 heterocycles. The molecule has 2 rings (SSSR count). The number of nitrogens with two attached hydrogens (primary N) is 1. The first-order chi connectivity index (χ1) is 9.86. The van der Waals surface area contributed by atoms with Gasteiger partial charge in [0.1, 0.15) is 12.4 Å². The molecule has 1 aromatic carbocycles. The number of ether oxygens (including phenoxy) is 2. The van der Waals surface area contributed by atoms with Crippen LogP contribution in [0, 0.1) is 0 Å². The molecule has 0 amide bonds. The maximum absolute atomic E-state index is 11.2. The van der Waals surface area contributed by atoms with E-state index in [2.05, 4.69) is 18.7 Å². The first-order valence-corrected chi connectivity index (χ1v) is 8.52. The Morgan fingerprint density at radius 1 is 1.33 bits per heavy atom. The van der Waals surface area contributed by atoms with Crippen LogP contribution in [0.4, 0.5) is 0 Å². The maximum Gasteiger partial charge on any atom is 0.238 e. The third kappa shape index (κ3) is 4.67. The van der Waals surface area contributed by atoms with Crippen LogP contribution >= 0.6 is 0 Å². The van der Waals surface area contributed by atoms with Gasteiger partial charge in [-0.15, -0.1) is 0 Å². The summed E-state index contributed by atoms with van der Waals surface area (Å²) in [5, 5.41) is 5.05. The molecule has 21 heavy (non-hydrogen) atoms. The zero-order valence-corrected chi connectivity index (χ0v) is 13.2. The van der Waals surface area contributed by atoms with E-state index in [0.717, 1.165) is 19.7 Å². The second-order valence-corrected chi connectivity index (χ2v) is 6.91. The van der Waals surface area contributed by atoms with Crippen molar-refractivity contribution < 1.29 is 17.9 Å². The predicted molar refractivity (Wildman–Crippen MR) is 79.8 cm³/mol. The van der Waals surface area contributed by atoms with Gasteiger partial charge in [0.15, 0.2) is 0 Å². The molecule has 0 bridgehead atoms. The fraction of sp³-hybridized carbons (Fsp3) is 0.571. The average molecular weight is 314 g/mol. The van der Waals surface area contributed by atoms with Crippen LogP contribution in [0.2, 0.25) is 0 Å². The van der Waals surface area contributed by atoms with E-state index in [4.69, 9.17) is 14.6 Å². The molecular formula is C14H22N2O4S. The van der Waals surface area contributed by atoms with E-state index < -0.39 is 10.0 Å². The third-order valence-electron chi connectivity index (χ3n) is 3.54. The zero-order valence-electron chi connectivity index (χ0n) is 12.4. The van der Waals surface area contributed by atoms with Gasteiger partial charge >= 0.3 is 0 Å². The highest BCUT2D eigenvalue weighted by Gasteiger charge is 2.22. The lowest BCUT2D eigenvalue weighted by Gasteiger charge is -2.36. The van der Waals surface area contributed by atoms with E-state index in [0.29, 0.717) is 18.4 Å². The molecule has 0 spiro atoms. The predicted octanol–water partition coefficient (Wildman–Crippen LogP) is 0.822. The van der Waals surface area contributed by atoms with Crippen LogP contribution in [0.3, 0.4) is 0 Å². The normalized spacial score (nSPS) is 24.0. The molecule has 1 aliphatic heterocycles. The second kappa shape index (κ2) is 6.74. The molecule has 0 radical (unpaired) electrons. The molecule has 6 nitrogen and oxygen atoms in total. The molecule has 118 valence electrons. The summed E-state index contributed by atoms with van der Waals surface area (Å²) in [6.07, 6.45) is 0.246. The van der Waals surface area contributed by atoms with Crippen LogP contribution < -0.4 is 9.88 Å². The van der Waals surface area contributed by atoms with Crippen molar-refractivity contribution in [3.05, 3.63) is 24.3 Å². The number of benzene rings is 1. The Morgan fingerprint density at radius 2 is 2.00 bits per heavy atom. The molecule has 7 heteroatoms. The molecule has 0 saturated carbocycles. The van der Waals surface area contributed by atoms with Gasteiger partial charge < -0.3 is 9.47 Å². The number of hydrogen-bond acceptors (Lipinski definition) is 5. The maximum atomic E-state index is 11.2. The SMILES string of the molecule is C[C@@H]1CN(CCOc2ccc(S(N)(=O)=O)cc2)[C@@H](C)CO1. The van der Waals surface area contributed by atoms with E-state index >= 15 is 0 Å². The second-order valence-electron chi connectivity index (χ2n) is 5.35. The van der Waals surface area contributed by atoms with E-state index in [-0.39, 0.29) is 11.0 Å². The quantitative estimate of drug-likeness (QED) is 0.870. The smallest absolute Gasteiger partial charge is 0.238 e. The highest BCUT2D eigenvalue weighted by Crippen LogP contribution is 2.15. The first kappa shape index (κ1) is 16.2. The van der Waals surface area contributed by atoms with Gasteiger partial charge in [0.2, 0.25) is 10.0 Å². The van der Waals surface area contributed by atoms with Crippen molar-refractivity contribution in [3.8, 4) is 5.75 Å². The monoisotopic (exact) mass is 314 g/mol. The Hall–Kier alpha value is -1.15. The van der Waals surface area contributed by atoms with Crippen molar-refractivity contribution in [2.24, 2.45) is 5.14 Å². The topological polar surface area (TPSA) is 81.9 Å². The highest BCUT2D eigenvalue weighted by atomic mass is 32.2. The van der Waals surface area contributed by atoms with Crippen LogP contribution in [0.5, 0.6) is 5.75 Å². The lowest BCUT2D eigenvalue weighted by molar-refractivity contribution is -0.0522. The molecule has 1 fully saturated rings. The number of morpholine rings is 1. The van der Waals surface area contributed by atoms with Gasteiger partial charge in [-0.25, -0.2) is 13.6 Å². The summed E-state index contributed by atoms with van der Waals surface area (Å²) in [6.45, 7) is 7.19. The number of hydrogen-bond donors (Lipinski definition) is 1. The Bertz CT molecular complexity index is 559. The Morgan fingerprint density at radius 3 is 2.62 bits per heavy atom.